The highest BCUT2D eigenvalue weighted by Crippen LogP contribution is 2.24. The number of carbonyl (C=O) groups excluding carboxylic acids is 1. The molecule has 0 unspecified atom stereocenters. The summed E-state index contributed by atoms with van der Waals surface area (Å²) in [6.07, 6.45) is 3.11. The van der Waals surface area contributed by atoms with Crippen molar-refractivity contribution in [2.45, 2.75) is 12.5 Å². The third-order valence-corrected chi connectivity index (χ3v) is 3.53. The number of amides is 1. The molecule has 0 spiro atoms. The molecule has 7 nitrogen and oxygen atoms in total. The van der Waals surface area contributed by atoms with Crippen LogP contribution in [-0.2, 0) is 11.2 Å². The molecule has 2 rings (SSSR count). The van der Waals surface area contributed by atoms with Crippen molar-refractivity contribution in [2.75, 3.05) is 7.11 Å². The van der Waals surface area contributed by atoms with Crippen molar-refractivity contribution in [3.05, 3.63) is 34.5 Å². The number of carbonyl (C=O) groups is 2. The van der Waals surface area contributed by atoms with E-state index in [0.717, 1.165) is 0 Å². The highest BCUT2D eigenvalue weighted by molar-refractivity contribution is 7.12. The second-order valence-electron chi connectivity index (χ2n) is 3.96. The van der Waals surface area contributed by atoms with Crippen molar-refractivity contribution in [1.82, 2.24) is 15.3 Å². The molecular weight excluding hydrogens is 282 g/mol. The SMILES string of the molecule is COc1ccsc1C(=O)N[C@H](Cc1cnc[nH]1)C(=O)O. The van der Waals surface area contributed by atoms with E-state index in [9.17, 15) is 9.59 Å². The van der Waals surface area contributed by atoms with Crippen LogP contribution in [0.25, 0.3) is 0 Å². The highest BCUT2D eigenvalue weighted by atomic mass is 32.1. The predicted octanol–water partition coefficient (Wildman–Crippen LogP) is 0.905. The minimum atomic E-state index is -1.11. The lowest BCUT2D eigenvalue weighted by Gasteiger charge is -2.13. The van der Waals surface area contributed by atoms with Gasteiger partial charge in [0.2, 0.25) is 0 Å². The molecule has 8 heteroatoms. The Morgan fingerprint density at radius 1 is 1.60 bits per heavy atom. The number of hydrogen-bond acceptors (Lipinski definition) is 5. The number of aromatic nitrogens is 2. The Morgan fingerprint density at radius 2 is 2.40 bits per heavy atom. The van der Waals surface area contributed by atoms with E-state index < -0.39 is 17.9 Å². The van der Waals surface area contributed by atoms with Crippen LogP contribution in [0.2, 0.25) is 0 Å². The number of aromatic amines is 1. The number of imidazole rings is 1. The van der Waals surface area contributed by atoms with Gasteiger partial charge in [0.1, 0.15) is 16.7 Å². The summed E-state index contributed by atoms with van der Waals surface area (Å²) >= 11 is 1.19. The van der Waals surface area contributed by atoms with E-state index >= 15 is 0 Å². The quantitative estimate of drug-likeness (QED) is 0.734. The zero-order chi connectivity index (χ0) is 14.5. The van der Waals surface area contributed by atoms with Crippen molar-refractivity contribution in [3.63, 3.8) is 0 Å². The summed E-state index contributed by atoms with van der Waals surface area (Å²) in [6, 6.07) is 0.624. The number of nitrogens with zero attached hydrogens (tertiary/aromatic N) is 1. The van der Waals surface area contributed by atoms with Crippen LogP contribution in [0.15, 0.2) is 24.0 Å². The Labute approximate surface area is 118 Å². The van der Waals surface area contributed by atoms with Crippen LogP contribution >= 0.6 is 11.3 Å². The van der Waals surface area contributed by atoms with Gasteiger partial charge in [-0.3, -0.25) is 4.79 Å². The molecule has 1 atom stereocenters. The highest BCUT2D eigenvalue weighted by Gasteiger charge is 2.23. The Kier molecular flexibility index (Phi) is 4.36. The first kappa shape index (κ1) is 14.1. The number of carboxylic acids is 1. The van der Waals surface area contributed by atoms with Crippen LogP contribution in [0.3, 0.4) is 0 Å². The summed E-state index contributed by atoms with van der Waals surface area (Å²) in [4.78, 5) is 30.2. The number of thiophene rings is 1. The smallest absolute Gasteiger partial charge is 0.326 e. The summed E-state index contributed by atoms with van der Waals surface area (Å²) in [6.45, 7) is 0. The number of rotatable bonds is 6. The number of nitrogens with one attached hydrogen (secondary N) is 2. The second kappa shape index (κ2) is 6.20. The molecule has 0 aliphatic rings. The van der Waals surface area contributed by atoms with Crippen LogP contribution < -0.4 is 10.1 Å². The molecule has 0 aliphatic heterocycles. The van der Waals surface area contributed by atoms with E-state index in [0.29, 0.717) is 16.3 Å². The summed E-state index contributed by atoms with van der Waals surface area (Å²) in [7, 11) is 1.46. The average Bonchev–Trinajstić information content (AvgIpc) is 3.08. The predicted molar refractivity (Wildman–Crippen MR) is 72.1 cm³/mol. The van der Waals surface area contributed by atoms with Gasteiger partial charge in [-0.1, -0.05) is 0 Å². The van der Waals surface area contributed by atoms with Gasteiger partial charge in [0, 0.05) is 18.3 Å². The third-order valence-electron chi connectivity index (χ3n) is 2.64. The van der Waals surface area contributed by atoms with Crippen molar-refractivity contribution in [3.8, 4) is 5.75 Å². The molecule has 0 radical (unpaired) electrons. The number of H-pyrrole nitrogens is 1. The topological polar surface area (TPSA) is 104 Å². The van der Waals surface area contributed by atoms with Crippen molar-refractivity contribution in [2.24, 2.45) is 0 Å². The number of aliphatic carboxylic acids is 1. The van der Waals surface area contributed by atoms with Crippen LogP contribution in [0.5, 0.6) is 5.75 Å². The standard InChI is InChI=1S/C12H13N3O4S/c1-19-9-2-3-20-10(9)11(16)15-8(12(17)18)4-7-5-13-6-14-7/h2-3,5-6,8H,4H2,1H3,(H,13,14)(H,15,16)(H,17,18)/t8-/m1/s1. The van der Waals surface area contributed by atoms with E-state index in [2.05, 4.69) is 15.3 Å². The summed E-state index contributed by atoms with van der Waals surface area (Å²) in [5, 5.41) is 13.4. The maximum Gasteiger partial charge on any atom is 0.326 e. The van der Waals surface area contributed by atoms with E-state index in [1.807, 2.05) is 0 Å². The van der Waals surface area contributed by atoms with E-state index in [1.165, 1.54) is 31.0 Å². The van der Waals surface area contributed by atoms with Crippen LogP contribution in [0.1, 0.15) is 15.4 Å². The first-order valence-electron chi connectivity index (χ1n) is 5.74. The Bertz CT molecular complexity index is 594. The molecule has 0 aliphatic carbocycles. The maximum atomic E-state index is 12.1. The number of ether oxygens (including phenoxy) is 1. The number of hydrogen-bond donors (Lipinski definition) is 3. The van der Waals surface area contributed by atoms with Gasteiger partial charge in [-0.2, -0.15) is 0 Å². The molecule has 0 aromatic carbocycles. The van der Waals surface area contributed by atoms with Crippen molar-refractivity contribution in [1.29, 1.82) is 0 Å². The van der Waals surface area contributed by atoms with Crippen LogP contribution in [0.4, 0.5) is 0 Å². The molecule has 106 valence electrons. The molecular formula is C12H13N3O4S. The summed E-state index contributed by atoms with van der Waals surface area (Å²) in [5.74, 6) is -1.15. The fraction of sp³-hybridized carbons (Fsp3) is 0.250. The largest absolute Gasteiger partial charge is 0.495 e. The second-order valence-corrected chi connectivity index (χ2v) is 4.88. The number of methoxy groups -OCH3 is 1. The van der Waals surface area contributed by atoms with E-state index in [1.54, 1.807) is 11.4 Å². The molecule has 1 amide bonds. The van der Waals surface area contributed by atoms with Crippen LogP contribution in [-0.4, -0.2) is 40.1 Å². The normalized spacial score (nSPS) is 11.8. The lowest BCUT2D eigenvalue weighted by molar-refractivity contribution is -0.139. The van der Waals surface area contributed by atoms with E-state index in [-0.39, 0.29) is 6.42 Å². The zero-order valence-corrected chi connectivity index (χ0v) is 11.4. The third kappa shape index (κ3) is 3.15. The van der Waals surface area contributed by atoms with Gasteiger partial charge in [-0.25, -0.2) is 9.78 Å². The average molecular weight is 295 g/mol. The molecule has 3 N–H and O–H groups in total. The molecule has 0 saturated carbocycles. The molecule has 2 heterocycles. The van der Waals surface area contributed by atoms with Gasteiger partial charge in [0.15, 0.2) is 0 Å². The Balaban J connectivity index is 2.08. The van der Waals surface area contributed by atoms with Gasteiger partial charge >= 0.3 is 5.97 Å². The fourth-order valence-electron chi connectivity index (χ4n) is 1.66. The van der Waals surface area contributed by atoms with Gasteiger partial charge in [0.25, 0.3) is 5.91 Å². The lowest BCUT2D eigenvalue weighted by atomic mass is 10.1. The molecule has 2 aromatic rings. The first-order chi connectivity index (χ1) is 9.61. The lowest BCUT2D eigenvalue weighted by Crippen LogP contribution is -2.42. The summed E-state index contributed by atoms with van der Waals surface area (Å²) < 4.78 is 5.04. The zero-order valence-electron chi connectivity index (χ0n) is 10.6. The molecule has 20 heavy (non-hydrogen) atoms. The fourth-order valence-corrected chi connectivity index (χ4v) is 2.43. The molecule has 2 aromatic heterocycles. The monoisotopic (exact) mass is 295 g/mol. The van der Waals surface area contributed by atoms with Gasteiger partial charge < -0.3 is 20.1 Å². The molecule has 0 saturated heterocycles. The Hall–Kier alpha value is -2.35. The van der Waals surface area contributed by atoms with Crippen LogP contribution in [0, 0.1) is 0 Å². The first-order valence-corrected chi connectivity index (χ1v) is 6.62. The van der Waals surface area contributed by atoms with Gasteiger partial charge in [-0.15, -0.1) is 11.3 Å². The number of carboxylic acid groups (broad SMARTS) is 1. The van der Waals surface area contributed by atoms with Gasteiger partial charge in [0.05, 0.1) is 13.4 Å². The molecule has 0 bridgehead atoms. The van der Waals surface area contributed by atoms with E-state index in [4.69, 9.17) is 9.84 Å². The van der Waals surface area contributed by atoms with Gasteiger partial charge in [-0.05, 0) is 11.4 Å². The summed E-state index contributed by atoms with van der Waals surface area (Å²) in [5.41, 5.74) is 0.635. The van der Waals surface area contributed by atoms with Crippen molar-refractivity contribution < 1.29 is 19.4 Å². The van der Waals surface area contributed by atoms with Crippen molar-refractivity contribution >= 4 is 23.2 Å². The Morgan fingerprint density at radius 3 is 3.00 bits per heavy atom. The minimum absolute atomic E-state index is 0.134. The minimum Gasteiger partial charge on any atom is -0.495 e. The maximum absolute atomic E-state index is 12.1. The molecule has 0 fully saturated rings.